The minimum Gasteiger partial charge on any atom is -0.480 e. The van der Waals surface area contributed by atoms with Crippen LogP contribution in [0.15, 0.2) is 0 Å². The molecule has 0 aliphatic heterocycles. The zero-order valence-corrected chi connectivity index (χ0v) is 10.5. The third-order valence-corrected chi connectivity index (χ3v) is 2.27. The topological polar surface area (TPSA) is 134 Å². The number of esters is 1. The molecule has 0 aliphatic rings. The molecule has 0 aliphatic carbocycles. The molecule has 104 valence electrons. The van der Waals surface area contributed by atoms with Crippen LogP contribution < -0.4 is 5.32 Å². The summed E-state index contributed by atoms with van der Waals surface area (Å²) in [5, 5.41) is 17.3. The Bertz CT molecular complexity index is 484. The number of aromatic amines is 1. The first kappa shape index (κ1) is 14.6. The smallest absolute Gasteiger partial charge is 0.326 e. The normalized spacial score (nSPS) is 11.7. The number of ether oxygens (including phenoxy) is 1. The minimum atomic E-state index is -1.25. The van der Waals surface area contributed by atoms with Crippen molar-refractivity contribution in [3.63, 3.8) is 0 Å². The summed E-state index contributed by atoms with van der Waals surface area (Å²) in [6, 6.07) is -1.20. The third kappa shape index (κ3) is 4.37. The van der Waals surface area contributed by atoms with Crippen LogP contribution in [0.25, 0.3) is 0 Å². The van der Waals surface area contributed by atoms with Crippen LogP contribution in [-0.4, -0.2) is 51.3 Å². The van der Waals surface area contributed by atoms with E-state index in [9.17, 15) is 14.4 Å². The van der Waals surface area contributed by atoms with Crippen molar-refractivity contribution < 1.29 is 24.2 Å². The number of carbonyl (C=O) groups excluding carboxylic acids is 2. The molecule has 0 bridgehead atoms. The van der Waals surface area contributed by atoms with Gasteiger partial charge < -0.3 is 15.2 Å². The number of aryl methyl sites for hydroxylation is 1. The Kier molecular flexibility index (Phi) is 4.98. The summed E-state index contributed by atoms with van der Waals surface area (Å²) in [5.74, 6) is -2.23. The van der Waals surface area contributed by atoms with Gasteiger partial charge in [-0.2, -0.15) is 0 Å². The van der Waals surface area contributed by atoms with Gasteiger partial charge in [0.05, 0.1) is 7.11 Å². The molecule has 19 heavy (non-hydrogen) atoms. The molecule has 9 nitrogen and oxygen atoms in total. The van der Waals surface area contributed by atoms with Gasteiger partial charge in [0.15, 0.2) is 0 Å². The van der Waals surface area contributed by atoms with Crippen molar-refractivity contribution in [2.24, 2.45) is 0 Å². The Balaban J connectivity index is 2.61. The fourth-order valence-electron chi connectivity index (χ4n) is 1.29. The van der Waals surface area contributed by atoms with Crippen LogP contribution in [0.2, 0.25) is 0 Å². The van der Waals surface area contributed by atoms with Gasteiger partial charge >= 0.3 is 11.9 Å². The van der Waals surface area contributed by atoms with E-state index in [4.69, 9.17) is 5.11 Å². The highest BCUT2D eigenvalue weighted by Crippen LogP contribution is 2.01. The molecule has 0 spiro atoms. The number of carboxylic acid groups (broad SMARTS) is 1. The quantitative estimate of drug-likeness (QED) is 0.579. The summed E-state index contributed by atoms with van der Waals surface area (Å²) in [6.45, 7) is 1.61. The fraction of sp³-hybridized carbons (Fsp3) is 0.500. The van der Waals surface area contributed by atoms with Crippen LogP contribution in [0.1, 0.15) is 29.3 Å². The molecule has 0 radical (unpaired) electrons. The number of carbonyl (C=O) groups is 3. The largest absolute Gasteiger partial charge is 0.480 e. The van der Waals surface area contributed by atoms with Gasteiger partial charge in [0.1, 0.15) is 11.9 Å². The molecule has 3 N–H and O–H groups in total. The summed E-state index contributed by atoms with van der Waals surface area (Å²) >= 11 is 0. The van der Waals surface area contributed by atoms with E-state index in [0.29, 0.717) is 5.82 Å². The summed E-state index contributed by atoms with van der Waals surface area (Å²) in [7, 11) is 1.20. The average Bonchev–Trinajstić information content (AvgIpc) is 2.80. The number of hydrogen-bond donors (Lipinski definition) is 3. The van der Waals surface area contributed by atoms with Crippen LogP contribution in [0.4, 0.5) is 0 Å². The van der Waals surface area contributed by atoms with Crippen LogP contribution in [0.3, 0.4) is 0 Å². The Labute approximate surface area is 108 Å². The molecule has 1 aromatic heterocycles. The number of hydrogen-bond acceptors (Lipinski definition) is 6. The minimum absolute atomic E-state index is 0.0723. The van der Waals surface area contributed by atoms with E-state index in [1.807, 2.05) is 0 Å². The Morgan fingerprint density at radius 1 is 1.47 bits per heavy atom. The van der Waals surface area contributed by atoms with E-state index < -0.39 is 23.9 Å². The predicted molar refractivity (Wildman–Crippen MR) is 61.3 cm³/mol. The molecule has 0 fully saturated rings. The maximum atomic E-state index is 11.7. The van der Waals surface area contributed by atoms with Crippen LogP contribution in [0.5, 0.6) is 0 Å². The molecule has 0 saturated carbocycles. The highest BCUT2D eigenvalue weighted by atomic mass is 16.5. The number of rotatable bonds is 6. The number of aliphatic carboxylic acids is 1. The van der Waals surface area contributed by atoms with Gasteiger partial charge in [0.25, 0.3) is 5.91 Å². The fourth-order valence-corrected chi connectivity index (χ4v) is 1.29. The highest BCUT2D eigenvalue weighted by molar-refractivity contribution is 5.93. The van der Waals surface area contributed by atoms with Crippen molar-refractivity contribution in [1.82, 2.24) is 20.5 Å². The molecule has 1 atom stereocenters. The lowest BCUT2D eigenvalue weighted by Gasteiger charge is -2.12. The molecule has 0 aromatic carbocycles. The van der Waals surface area contributed by atoms with E-state index >= 15 is 0 Å². The number of methoxy groups -OCH3 is 1. The number of nitrogens with one attached hydrogen (secondary N) is 2. The standard InChI is InChI=1S/C10H14N4O5/c1-5-11-8(14-13-5)9(16)12-6(10(17)18)3-4-7(15)19-2/h6H,3-4H2,1-2H3,(H,12,16)(H,17,18)(H,11,13,14)/t6-/m0/s1. The third-order valence-electron chi connectivity index (χ3n) is 2.27. The molecule has 9 heteroatoms. The maximum absolute atomic E-state index is 11.7. The molecule has 1 rings (SSSR count). The molecule has 0 saturated heterocycles. The van der Waals surface area contributed by atoms with Crippen molar-refractivity contribution in [2.75, 3.05) is 7.11 Å². The van der Waals surface area contributed by atoms with Crippen molar-refractivity contribution >= 4 is 17.8 Å². The zero-order valence-electron chi connectivity index (χ0n) is 10.5. The second kappa shape index (κ2) is 6.47. The molecule has 0 unspecified atom stereocenters. The number of amides is 1. The summed E-state index contributed by atoms with van der Waals surface area (Å²) < 4.78 is 4.40. The molecular formula is C10H14N4O5. The molecular weight excluding hydrogens is 256 g/mol. The van der Waals surface area contributed by atoms with Gasteiger partial charge in [0.2, 0.25) is 5.82 Å². The van der Waals surface area contributed by atoms with E-state index in [-0.39, 0.29) is 18.7 Å². The molecule has 1 heterocycles. The van der Waals surface area contributed by atoms with E-state index in [0.717, 1.165) is 0 Å². The second-order valence-electron chi connectivity index (χ2n) is 3.72. The second-order valence-corrected chi connectivity index (χ2v) is 3.72. The lowest BCUT2D eigenvalue weighted by molar-refractivity contribution is -0.142. The molecule has 1 aromatic rings. The predicted octanol–water partition coefficient (Wildman–Crippen LogP) is -0.751. The van der Waals surface area contributed by atoms with Crippen molar-refractivity contribution in [3.05, 3.63) is 11.6 Å². The Hall–Kier alpha value is -2.45. The van der Waals surface area contributed by atoms with E-state index in [2.05, 4.69) is 25.2 Å². The average molecular weight is 270 g/mol. The zero-order chi connectivity index (χ0) is 14.4. The number of aromatic nitrogens is 3. The number of nitrogens with zero attached hydrogens (tertiary/aromatic N) is 2. The van der Waals surface area contributed by atoms with E-state index in [1.165, 1.54) is 7.11 Å². The van der Waals surface area contributed by atoms with Crippen LogP contribution in [-0.2, 0) is 14.3 Å². The summed E-state index contributed by atoms with van der Waals surface area (Å²) in [4.78, 5) is 37.3. The van der Waals surface area contributed by atoms with Gasteiger partial charge in [-0.05, 0) is 13.3 Å². The molecule has 1 amide bonds. The SMILES string of the molecule is COC(=O)CC[C@H](NC(=O)c1n[nH]c(C)n1)C(=O)O. The van der Waals surface area contributed by atoms with Crippen molar-refractivity contribution in [3.8, 4) is 0 Å². The van der Waals surface area contributed by atoms with Crippen molar-refractivity contribution in [1.29, 1.82) is 0 Å². The van der Waals surface area contributed by atoms with Crippen molar-refractivity contribution in [2.45, 2.75) is 25.8 Å². The van der Waals surface area contributed by atoms with Gasteiger partial charge in [-0.25, -0.2) is 9.78 Å². The highest BCUT2D eigenvalue weighted by Gasteiger charge is 2.23. The van der Waals surface area contributed by atoms with Gasteiger partial charge in [-0.1, -0.05) is 0 Å². The summed E-state index contributed by atoms with van der Waals surface area (Å²) in [6.07, 6.45) is -0.183. The monoisotopic (exact) mass is 270 g/mol. The number of carboxylic acids is 1. The Morgan fingerprint density at radius 2 is 2.16 bits per heavy atom. The van der Waals surface area contributed by atoms with Gasteiger partial charge in [0, 0.05) is 6.42 Å². The van der Waals surface area contributed by atoms with Crippen LogP contribution in [0, 0.1) is 6.92 Å². The van der Waals surface area contributed by atoms with E-state index in [1.54, 1.807) is 6.92 Å². The summed E-state index contributed by atoms with van der Waals surface area (Å²) in [5.41, 5.74) is 0. The lowest BCUT2D eigenvalue weighted by Crippen LogP contribution is -2.41. The first-order chi connectivity index (χ1) is 8.93. The van der Waals surface area contributed by atoms with Crippen LogP contribution >= 0.6 is 0 Å². The Morgan fingerprint density at radius 3 is 2.63 bits per heavy atom. The maximum Gasteiger partial charge on any atom is 0.326 e. The number of H-pyrrole nitrogens is 1. The lowest BCUT2D eigenvalue weighted by atomic mass is 10.1. The first-order valence-corrected chi connectivity index (χ1v) is 5.43. The first-order valence-electron chi connectivity index (χ1n) is 5.43. The van der Waals surface area contributed by atoms with Gasteiger partial charge in [-0.15, -0.1) is 5.10 Å². The van der Waals surface area contributed by atoms with Gasteiger partial charge in [-0.3, -0.25) is 14.7 Å².